The molecule has 1 saturated carbocycles. The van der Waals surface area contributed by atoms with Gasteiger partial charge in [0.25, 0.3) is 0 Å². The van der Waals surface area contributed by atoms with Crippen LogP contribution in [0.2, 0.25) is 0 Å². The molecule has 0 bridgehead atoms. The van der Waals surface area contributed by atoms with Crippen molar-refractivity contribution < 1.29 is 4.39 Å². The summed E-state index contributed by atoms with van der Waals surface area (Å²) in [6.45, 7) is 7.17. The molecular weight excluding hydrogens is 141 g/mol. The summed E-state index contributed by atoms with van der Waals surface area (Å²) in [5.41, 5.74) is -0.0508. The lowest BCUT2D eigenvalue weighted by Gasteiger charge is -2.22. The van der Waals surface area contributed by atoms with Gasteiger partial charge in [0.2, 0.25) is 0 Å². The highest BCUT2D eigenvalue weighted by Gasteiger charge is 2.55. The minimum Gasteiger partial charge on any atom is -0.314 e. The Bertz CT molecular complexity index is 138. The average Bonchev–Trinajstić information content (AvgIpc) is 2.56. The van der Waals surface area contributed by atoms with Crippen LogP contribution in [0.5, 0.6) is 0 Å². The van der Waals surface area contributed by atoms with E-state index in [9.17, 15) is 4.39 Å². The van der Waals surface area contributed by atoms with Crippen LogP contribution in [0.25, 0.3) is 0 Å². The minimum absolute atomic E-state index is 0.0508. The standard InChI is InChI=1S/C9H18FN/c1-4-8(11-5-2)9(3)6-7(9)10/h7-8,11H,4-6H2,1-3H3. The van der Waals surface area contributed by atoms with Gasteiger partial charge in [-0.3, -0.25) is 0 Å². The van der Waals surface area contributed by atoms with Gasteiger partial charge in [0.1, 0.15) is 6.17 Å². The van der Waals surface area contributed by atoms with Crippen molar-refractivity contribution in [2.75, 3.05) is 6.54 Å². The predicted molar refractivity (Wildman–Crippen MR) is 45.4 cm³/mol. The Kier molecular flexibility index (Phi) is 2.53. The molecule has 0 spiro atoms. The first kappa shape index (κ1) is 8.98. The van der Waals surface area contributed by atoms with Crippen LogP contribution in [0.1, 0.15) is 33.6 Å². The summed E-state index contributed by atoms with van der Waals surface area (Å²) in [6.07, 6.45) is 1.22. The van der Waals surface area contributed by atoms with Gasteiger partial charge in [0, 0.05) is 11.5 Å². The average molecular weight is 159 g/mol. The lowest BCUT2D eigenvalue weighted by Crippen LogP contribution is -2.36. The van der Waals surface area contributed by atoms with Crippen molar-refractivity contribution in [3.63, 3.8) is 0 Å². The fourth-order valence-corrected chi connectivity index (χ4v) is 1.78. The van der Waals surface area contributed by atoms with Gasteiger partial charge in [-0.25, -0.2) is 4.39 Å². The van der Waals surface area contributed by atoms with E-state index < -0.39 is 6.17 Å². The maximum absolute atomic E-state index is 12.9. The van der Waals surface area contributed by atoms with E-state index in [0.29, 0.717) is 6.04 Å². The van der Waals surface area contributed by atoms with Gasteiger partial charge >= 0.3 is 0 Å². The van der Waals surface area contributed by atoms with E-state index in [2.05, 4.69) is 19.2 Å². The van der Waals surface area contributed by atoms with Crippen molar-refractivity contribution in [3.05, 3.63) is 0 Å². The predicted octanol–water partition coefficient (Wildman–Crippen LogP) is 2.12. The number of hydrogen-bond acceptors (Lipinski definition) is 1. The van der Waals surface area contributed by atoms with Crippen LogP contribution in [0, 0.1) is 5.41 Å². The zero-order valence-electron chi connectivity index (χ0n) is 7.65. The maximum atomic E-state index is 12.9. The third-order valence-electron chi connectivity index (χ3n) is 2.83. The van der Waals surface area contributed by atoms with Crippen LogP contribution < -0.4 is 5.32 Å². The third kappa shape index (κ3) is 1.56. The molecular formula is C9H18FN. The molecule has 0 aromatic carbocycles. The Balaban J connectivity index is 2.42. The minimum atomic E-state index is -0.563. The van der Waals surface area contributed by atoms with Gasteiger partial charge in [-0.05, 0) is 19.4 Å². The van der Waals surface area contributed by atoms with E-state index in [0.717, 1.165) is 19.4 Å². The smallest absolute Gasteiger partial charge is 0.108 e. The number of rotatable bonds is 4. The molecule has 66 valence electrons. The van der Waals surface area contributed by atoms with Crippen molar-refractivity contribution in [2.24, 2.45) is 5.41 Å². The quantitative estimate of drug-likeness (QED) is 0.662. The second-order valence-electron chi connectivity index (χ2n) is 3.70. The molecule has 1 nitrogen and oxygen atoms in total. The van der Waals surface area contributed by atoms with E-state index in [1.807, 2.05) is 6.92 Å². The zero-order chi connectivity index (χ0) is 8.48. The summed E-state index contributed by atoms with van der Waals surface area (Å²) in [5.74, 6) is 0. The summed E-state index contributed by atoms with van der Waals surface area (Å²) >= 11 is 0. The van der Waals surface area contributed by atoms with Crippen LogP contribution in [0.4, 0.5) is 4.39 Å². The molecule has 0 aromatic rings. The highest BCUT2D eigenvalue weighted by Crippen LogP contribution is 2.51. The van der Waals surface area contributed by atoms with E-state index in [-0.39, 0.29) is 5.41 Å². The first-order valence-electron chi connectivity index (χ1n) is 4.52. The summed E-state index contributed by atoms with van der Waals surface area (Å²) < 4.78 is 12.9. The molecule has 1 aliphatic carbocycles. The molecule has 1 N–H and O–H groups in total. The van der Waals surface area contributed by atoms with Crippen LogP contribution in [0.3, 0.4) is 0 Å². The van der Waals surface area contributed by atoms with Crippen molar-refractivity contribution in [1.29, 1.82) is 0 Å². The Hall–Kier alpha value is -0.110. The number of nitrogens with one attached hydrogen (secondary N) is 1. The first-order valence-corrected chi connectivity index (χ1v) is 4.52. The maximum Gasteiger partial charge on any atom is 0.108 e. The van der Waals surface area contributed by atoms with Crippen LogP contribution in [-0.2, 0) is 0 Å². The Labute approximate surface area is 68.4 Å². The van der Waals surface area contributed by atoms with Crippen LogP contribution >= 0.6 is 0 Å². The summed E-state index contributed by atoms with van der Waals surface area (Å²) in [4.78, 5) is 0. The van der Waals surface area contributed by atoms with E-state index in [4.69, 9.17) is 0 Å². The molecule has 1 aliphatic rings. The lowest BCUT2D eigenvalue weighted by atomic mass is 9.96. The molecule has 11 heavy (non-hydrogen) atoms. The van der Waals surface area contributed by atoms with E-state index >= 15 is 0 Å². The zero-order valence-corrected chi connectivity index (χ0v) is 7.65. The number of halogens is 1. The molecule has 1 fully saturated rings. The Morgan fingerprint density at radius 3 is 2.45 bits per heavy atom. The van der Waals surface area contributed by atoms with Gasteiger partial charge < -0.3 is 5.32 Å². The van der Waals surface area contributed by atoms with Crippen LogP contribution in [0.15, 0.2) is 0 Å². The van der Waals surface area contributed by atoms with Crippen LogP contribution in [-0.4, -0.2) is 18.8 Å². The molecule has 3 unspecified atom stereocenters. The van der Waals surface area contributed by atoms with Crippen molar-refractivity contribution in [1.82, 2.24) is 5.32 Å². The Morgan fingerprint density at radius 1 is 1.64 bits per heavy atom. The fourth-order valence-electron chi connectivity index (χ4n) is 1.78. The largest absolute Gasteiger partial charge is 0.314 e. The summed E-state index contributed by atoms with van der Waals surface area (Å²) in [5, 5.41) is 3.33. The van der Waals surface area contributed by atoms with Gasteiger partial charge in [-0.2, -0.15) is 0 Å². The monoisotopic (exact) mass is 159 g/mol. The van der Waals surface area contributed by atoms with Gasteiger partial charge in [-0.15, -0.1) is 0 Å². The first-order chi connectivity index (χ1) is 5.15. The molecule has 3 atom stereocenters. The van der Waals surface area contributed by atoms with Crippen molar-refractivity contribution >= 4 is 0 Å². The lowest BCUT2D eigenvalue weighted by molar-refractivity contribution is 0.286. The normalized spacial score (nSPS) is 38.7. The molecule has 0 saturated heterocycles. The second-order valence-corrected chi connectivity index (χ2v) is 3.70. The molecule has 2 heteroatoms. The molecule has 1 rings (SSSR count). The topological polar surface area (TPSA) is 12.0 Å². The van der Waals surface area contributed by atoms with E-state index in [1.165, 1.54) is 0 Å². The summed E-state index contributed by atoms with van der Waals surface area (Å²) in [6, 6.07) is 0.377. The van der Waals surface area contributed by atoms with Gasteiger partial charge in [-0.1, -0.05) is 20.8 Å². The molecule has 0 aliphatic heterocycles. The molecule has 0 radical (unpaired) electrons. The number of hydrogen-bond donors (Lipinski definition) is 1. The molecule has 0 aromatic heterocycles. The van der Waals surface area contributed by atoms with Crippen molar-refractivity contribution in [2.45, 2.75) is 45.8 Å². The van der Waals surface area contributed by atoms with Crippen molar-refractivity contribution in [3.8, 4) is 0 Å². The molecule has 0 amide bonds. The van der Waals surface area contributed by atoms with Gasteiger partial charge in [0.15, 0.2) is 0 Å². The Morgan fingerprint density at radius 2 is 2.18 bits per heavy atom. The fraction of sp³-hybridized carbons (Fsp3) is 1.00. The SMILES string of the molecule is CCNC(CC)C1(C)CC1F. The molecule has 0 heterocycles. The van der Waals surface area contributed by atoms with Gasteiger partial charge in [0.05, 0.1) is 0 Å². The number of alkyl halides is 1. The summed E-state index contributed by atoms with van der Waals surface area (Å²) in [7, 11) is 0. The highest BCUT2D eigenvalue weighted by atomic mass is 19.1. The second kappa shape index (κ2) is 3.10. The third-order valence-corrected chi connectivity index (χ3v) is 2.83. The van der Waals surface area contributed by atoms with E-state index in [1.54, 1.807) is 0 Å². The highest BCUT2D eigenvalue weighted by molar-refractivity contribution is 5.06.